The van der Waals surface area contributed by atoms with E-state index in [0.717, 1.165) is 12.1 Å². The molecular weight excluding hydrogens is 280 g/mol. The Morgan fingerprint density at radius 2 is 1.11 bits per heavy atom. The number of hydrogen-bond acceptors (Lipinski definition) is 4. The van der Waals surface area contributed by atoms with E-state index in [2.05, 4.69) is 0 Å². The lowest BCUT2D eigenvalue weighted by atomic mass is 10.1. The summed E-state index contributed by atoms with van der Waals surface area (Å²) in [5.74, 6) is 0. The van der Waals surface area contributed by atoms with Gasteiger partial charge in [0, 0.05) is 0 Å². The van der Waals surface area contributed by atoms with Crippen molar-refractivity contribution in [2.24, 2.45) is 0 Å². The van der Waals surface area contributed by atoms with Crippen LogP contribution in [0.5, 0.6) is 0 Å². The average Bonchev–Trinajstić information content (AvgIpc) is 2.24. The van der Waals surface area contributed by atoms with Gasteiger partial charge in [0.2, 0.25) is 0 Å². The minimum Gasteiger partial charge on any atom is -0.282 e. The molecule has 0 amide bonds. The van der Waals surface area contributed by atoms with Crippen LogP contribution >= 0.6 is 0 Å². The van der Waals surface area contributed by atoms with E-state index in [-0.39, 0.29) is 33.8 Å². The van der Waals surface area contributed by atoms with Gasteiger partial charge in [0.25, 0.3) is 20.2 Å². The smallest absolute Gasteiger partial charge is 0.282 e. The van der Waals surface area contributed by atoms with Gasteiger partial charge < -0.3 is 0 Å². The van der Waals surface area contributed by atoms with E-state index >= 15 is 0 Å². The van der Waals surface area contributed by atoms with Gasteiger partial charge >= 0.3 is 0 Å². The van der Waals surface area contributed by atoms with Gasteiger partial charge in [-0.3, -0.25) is 9.11 Å². The summed E-state index contributed by atoms with van der Waals surface area (Å²) in [6, 6.07) is 2.16. The maximum Gasteiger partial charge on any atom is 0.294 e. The first-order valence-electron chi connectivity index (χ1n) is 5.22. The monoisotopic (exact) mass is 294 g/mol. The van der Waals surface area contributed by atoms with Crippen molar-refractivity contribution < 1.29 is 25.9 Å². The summed E-state index contributed by atoms with van der Waals surface area (Å²) in [5.41, 5.74) is 0.282. The van der Waals surface area contributed by atoms with Gasteiger partial charge in [0.1, 0.15) is 0 Å². The lowest BCUT2D eigenvalue weighted by Crippen LogP contribution is -2.09. The second-order valence-electron chi connectivity index (χ2n) is 3.72. The Bertz CT molecular complexity index is 598. The molecule has 0 heterocycles. The second-order valence-corrected chi connectivity index (χ2v) is 6.50. The molecule has 0 bridgehead atoms. The molecule has 8 heteroatoms. The fourth-order valence-corrected chi connectivity index (χ4v) is 3.33. The predicted octanol–water partition coefficient (Wildman–Crippen LogP) is 1.30. The summed E-state index contributed by atoms with van der Waals surface area (Å²) in [4.78, 5) is -0.650. The van der Waals surface area contributed by atoms with E-state index in [4.69, 9.17) is 9.11 Å². The van der Waals surface area contributed by atoms with Crippen molar-refractivity contribution in [3.63, 3.8) is 0 Å². The molecule has 0 radical (unpaired) electrons. The Morgan fingerprint density at radius 1 is 0.833 bits per heavy atom. The largest absolute Gasteiger partial charge is 0.294 e. The molecule has 0 aliphatic heterocycles. The Labute approximate surface area is 106 Å². The van der Waals surface area contributed by atoms with Crippen LogP contribution in [-0.2, 0) is 33.1 Å². The Kier molecular flexibility index (Phi) is 4.16. The van der Waals surface area contributed by atoms with Crippen LogP contribution in [0.25, 0.3) is 0 Å². The van der Waals surface area contributed by atoms with Gasteiger partial charge in [-0.05, 0) is 36.1 Å². The van der Waals surface area contributed by atoms with Gasteiger partial charge in [-0.15, -0.1) is 0 Å². The molecule has 0 atom stereocenters. The zero-order chi connectivity index (χ0) is 14.1. The van der Waals surface area contributed by atoms with Crippen molar-refractivity contribution in [3.05, 3.63) is 23.3 Å². The summed E-state index contributed by atoms with van der Waals surface area (Å²) in [6.45, 7) is 3.23. The van der Waals surface area contributed by atoms with Crippen LogP contribution in [0.3, 0.4) is 0 Å². The number of rotatable bonds is 4. The molecule has 1 rings (SSSR count). The summed E-state index contributed by atoms with van der Waals surface area (Å²) >= 11 is 0. The highest BCUT2D eigenvalue weighted by Crippen LogP contribution is 2.25. The Morgan fingerprint density at radius 3 is 1.28 bits per heavy atom. The highest BCUT2D eigenvalue weighted by molar-refractivity contribution is 7.86. The van der Waals surface area contributed by atoms with E-state index in [1.54, 1.807) is 13.8 Å². The number of hydrogen-bond donors (Lipinski definition) is 2. The van der Waals surface area contributed by atoms with E-state index in [9.17, 15) is 16.8 Å². The fourth-order valence-electron chi connectivity index (χ4n) is 1.68. The first-order chi connectivity index (χ1) is 8.11. The first kappa shape index (κ1) is 15.1. The van der Waals surface area contributed by atoms with E-state index in [1.165, 1.54) is 0 Å². The standard InChI is InChI=1S/C10H14O6S2/c1-3-7-5-10(18(14,15)16)8(4-2)6-9(7)17(11,12)13/h5-6H,3-4H2,1-2H3,(H,11,12,13)(H,14,15,16). The molecule has 0 saturated heterocycles. The molecule has 1 aromatic carbocycles. The summed E-state index contributed by atoms with van der Waals surface area (Å²) in [7, 11) is -8.83. The van der Waals surface area contributed by atoms with Gasteiger partial charge in [-0.25, -0.2) is 0 Å². The van der Waals surface area contributed by atoms with E-state index < -0.39 is 20.2 Å². The first-order valence-corrected chi connectivity index (χ1v) is 8.10. The van der Waals surface area contributed by atoms with E-state index in [0.29, 0.717) is 0 Å². The topological polar surface area (TPSA) is 109 Å². The van der Waals surface area contributed by atoms with Gasteiger partial charge in [-0.1, -0.05) is 13.8 Å². The molecule has 0 aromatic heterocycles. The highest BCUT2D eigenvalue weighted by Gasteiger charge is 2.22. The van der Waals surface area contributed by atoms with Gasteiger partial charge in [-0.2, -0.15) is 16.8 Å². The normalized spacial score (nSPS) is 12.7. The van der Waals surface area contributed by atoms with Crippen LogP contribution in [0.15, 0.2) is 21.9 Å². The maximum absolute atomic E-state index is 11.2. The molecule has 0 aliphatic carbocycles. The molecule has 2 N–H and O–H groups in total. The maximum atomic E-state index is 11.2. The lowest BCUT2D eigenvalue weighted by Gasteiger charge is -2.11. The molecule has 0 unspecified atom stereocenters. The molecule has 0 saturated carbocycles. The SMILES string of the molecule is CCc1cc(S(=O)(=O)O)c(CC)cc1S(=O)(=O)O. The summed E-state index contributed by atoms with van der Waals surface area (Å²) in [5, 5.41) is 0. The van der Waals surface area contributed by atoms with Crippen molar-refractivity contribution in [3.8, 4) is 0 Å². The number of benzene rings is 1. The van der Waals surface area contributed by atoms with Crippen molar-refractivity contribution >= 4 is 20.2 Å². The predicted molar refractivity (Wildman–Crippen MR) is 64.8 cm³/mol. The molecule has 102 valence electrons. The minimum atomic E-state index is -4.42. The van der Waals surface area contributed by atoms with Crippen molar-refractivity contribution in [1.82, 2.24) is 0 Å². The van der Waals surface area contributed by atoms with Crippen LogP contribution in [-0.4, -0.2) is 25.9 Å². The lowest BCUT2D eigenvalue weighted by molar-refractivity contribution is 0.476. The minimum absolute atomic E-state index is 0.141. The molecule has 18 heavy (non-hydrogen) atoms. The van der Waals surface area contributed by atoms with Crippen molar-refractivity contribution in [2.75, 3.05) is 0 Å². The molecule has 0 fully saturated rings. The van der Waals surface area contributed by atoms with Crippen LogP contribution in [0.1, 0.15) is 25.0 Å². The van der Waals surface area contributed by atoms with Crippen LogP contribution in [0.2, 0.25) is 0 Å². The molecular formula is C10H14O6S2. The summed E-state index contributed by atoms with van der Waals surface area (Å²) < 4.78 is 62.9. The van der Waals surface area contributed by atoms with Crippen molar-refractivity contribution in [2.45, 2.75) is 36.5 Å². The quantitative estimate of drug-likeness (QED) is 0.810. The van der Waals surface area contributed by atoms with Crippen LogP contribution in [0.4, 0.5) is 0 Å². The second kappa shape index (κ2) is 4.96. The molecule has 0 aliphatic rings. The van der Waals surface area contributed by atoms with Crippen molar-refractivity contribution in [1.29, 1.82) is 0 Å². The average molecular weight is 294 g/mol. The Hall–Kier alpha value is -0.960. The van der Waals surface area contributed by atoms with Crippen LogP contribution < -0.4 is 0 Å². The third-order valence-corrected chi connectivity index (χ3v) is 4.43. The number of aryl methyl sites for hydroxylation is 2. The van der Waals surface area contributed by atoms with Gasteiger partial charge in [0.05, 0.1) is 9.79 Å². The summed E-state index contributed by atoms with van der Waals surface area (Å²) in [6.07, 6.45) is 0.420. The van der Waals surface area contributed by atoms with Crippen LogP contribution in [0, 0.1) is 0 Å². The zero-order valence-corrected chi connectivity index (χ0v) is 11.5. The zero-order valence-electron chi connectivity index (χ0n) is 9.91. The van der Waals surface area contributed by atoms with E-state index in [1.807, 2.05) is 0 Å². The third-order valence-electron chi connectivity index (χ3n) is 2.56. The fraction of sp³-hybridized carbons (Fsp3) is 0.400. The molecule has 6 nitrogen and oxygen atoms in total. The Balaban J connectivity index is 3.74. The highest BCUT2D eigenvalue weighted by atomic mass is 32.2. The third kappa shape index (κ3) is 3.08. The van der Waals surface area contributed by atoms with Gasteiger partial charge in [0.15, 0.2) is 0 Å². The molecule has 1 aromatic rings. The molecule has 0 spiro atoms.